The van der Waals surface area contributed by atoms with Crippen LogP contribution in [-0.4, -0.2) is 50.4 Å². The van der Waals surface area contributed by atoms with Crippen molar-refractivity contribution in [2.75, 3.05) is 14.1 Å². The van der Waals surface area contributed by atoms with Crippen molar-refractivity contribution in [1.82, 2.24) is 9.88 Å². The van der Waals surface area contributed by atoms with Crippen LogP contribution in [0.25, 0.3) is 0 Å². The zero-order valence-electron chi connectivity index (χ0n) is 9.01. The number of nitrogens with zero attached hydrogens (tertiary/aromatic N) is 4. The minimum atomic E-state index is 0.741. The first-order valence-corrected chi connectivity index (χ1v) is 5.35. The molecule has 5 heteroatoms. The van der Waals surface area contributed by atoms with Crippen molar-refractivity contribution in [2.45, 2.75) is 6.92 Å². The van der Waals surface area contributed by atoms with E-state index in [-0.39, 0.29) is 0 Å². The van der Waals surface area contributed by atoms with E-state index in [1.807, 2.05) is 44.1 Å². The second-order valence-corrected chi connectivity index (χ2v) is 3.94. The number of aromatic nitrogens is 1. The Labute approximate surface area is 97.9 Å². The van der Waals surface area contributed by atoms with Crippen molar-refractivity contribution in [1.29, 1.82) is 0 Å². The van der Waals surface area contributed by atoms with Gasteiger partial charge in [0, 0.05) is 0 Å². The van der Waals surface area contributed by atoms with Crippen LogP contribution >= 0.6 is 0 Å². The summed E-state index contributed by atoms with van der Waals surface area (Å²) in [5, 5.41) is 8.12. The summed E-state index contributed by atoms with van der Waals surface area (Å²) in [5.41, 5.74) is 1.64. The SMILES string of the molecule is C/C(=N\N=C(/[Se-])N(C)C)c1ccccn1. The van der Waals surface area contributed by atoms with Crippen molar-refractivity contribution < 1.29 is 0 Å². The van der Waals surface area contributed by atoms with Gasteiger partial charge in [-0.15, -0.1) is 0 Å². The van der Waals surface area contributed by atoms with Crippen LogP contribution in [-0.2, 0) is 0 Å². The molecule has 80 valence electrons. The molecule has 0 radical (unpaired) electrons. The van der Waals surface area contributed by atoms with Crippen LogP contribution in [0.5, 0.6) is 0 Å². The number of pyridine rings is 1. The van der Waals surface area contributed by atoms with Gasteiger partial charge in [0.1, 0.15) is 0 Å². The van der Waals surface area contributed by atoms with Gasteiger partial charge in [-0.05, 0) is 0 Å². The Morgan fingerprint density at radius 2 is 2.07 bits per heavy atom. The van der Waals surface area contributed by atoms with E-state index in [1.165, 1.54) is 0 Å². The quantitative estimate of drug-likeness (QED) is 0.346. The topological polar surface area (TPSA) is 40.9 Å². The summed E-state index contributed by atoms with van der Waals surface area (Å²) in [6, 6.07) is 5.71. The molecule has 0 fully saturated rings. The first kappa shape index (κ1) is 11.9. The summed E-state index contributed by atoms with van der Waals surface area (Å²) in [6.45, 7) is 1.88. The number of amidine groups is 1. The molecule has 0 amide bonds. The summed E-state index contributed by atoms with van der Waals surface area (Å²) in [5.74, 6) is 0. The van der Waals surface area contributed by atoms with E-state index < -0.39 is 0 Å². The Kier molecular flexibility index (Phi) is 4.46. The number of rotatable bonds is 2. The van der Waals surface area contributed by atoms with Gasteiger partial charge in [0.15, 0.2) is 0 Å². The molecule has 0 spiro atoms. The monoisotopic (exact) mass is 269 g/mol. The summed E-state index contributed by atoms with van der Waals surface area (Å²) < 4.78 is 0.741. The Morgan fingerprint density at radius 1 is 1.33 bits per heavy atom. The van der Waals surface area contributed by atoms with E-state index >= 15 is 0 Å². The van der Waals surface area contributed by atoms with E-state index in [1.54, 1.807) is 6.20 Å². The molecule has 1 rings (SSSR count). The van der Waals surface area contributed by atoms with Crippen LogP contribution in [0.4, 0.5) is 0 Å². The van der Waals surface area contributed by atoms with E-state index in [0.717, 1.165) is 16.1 Å². The third kappa shape index (κ3) is 3.81. The third-order valence-electron chi connectivity index (χ3n) is 1.70. The van der Waals surface area contributed by atoms with Gasteiger partial charge in [-0.25, -0.2) is 0 Å². The van der Waals surface area contributed by atoms with Crippen LogP contribution in [0.2, 0.25) is 0 Å². The summed E-state index contributed by atoms with van der Waals surface area (Å²) >= 11 is 2.83. The third-order valence-corrected chi connectivity index (χ3v) is 2.64. The van der Waals surface area contributed by atoms with Crippen molar-refractivity contribution >= 4 is 26.5 Å². The van der Waals surface area contributed by atoms with Crippen molar-refractivity contribution in [3.05, 3.63) is 30.1 Å². The molecule has 0 saturated heterocycles. The minimum absolute atomic E-state index is 0.741. The predicted octanol–water partition coefficient (Wildman–Crippen LogP) is 0.892. The van der Waals surface area contributed by atoms with Crippen molar-refractivity contribution in [3.8, 4) is 0 Å². The molecule has 0 aromatic carbocycles. The molecular formula is C10H13N4Se-. The first-order chi connectivity index (χ1) is 7.11. The predicted molar refractivity (Wildman–Crippen MR) is 63.3 cm³/mol. The zero-order chi connectivity index (χ0) is 11.3. The molecule has 0 atom stereocenters. The molecule has 15 heavy (non-hydrogen) atoms. The van der Waals surface area contributed by atoms with Crippen LogP contribution in [0.1, 0.15) is 12.6 Å². The zero-order valence-corrected chi connectivity index (χ0v) is 10.7. The molecule has 1 aromatic heterocycles. The molecule has 0 aliphatic heterocycles. The van der Waals surface area contributed by atoms with Crippen molar-refractivity contribution in [2.24, 2.45) is 10.2 Å². The number of hydrogen-bond donors (Lipinski definition) is 0. The van der Waals surface area contributed by atoms with Gasteiger partial charge < -0.3 is 0 Å². The molecule has 1 heterocycles. The first-order valence-electron chi connectivity index (χ1n) is 4.49. The fourth-order valence-corrected chi connectivity index (χ4v) is 0.921. The van der Waals surface area contributed by atoms with Gasteiger partial charge in [-0.3, -0.25) is 0 Å². The summed E-state index contributed by atoms with van der Waals surface area (Å²) in [6.07, 6.45) is 1.74. The number of hydrogen-bond acceptors (Lipinski definition) is 3. The van der Waals surface area contributed by atoms with Gasteiger partial charge in [-0.2, -0.15) is 0 Å². The standard InChI is InChI=1S/C10H14N4Se/c1-8(9-6-4-5-7-11-9)12-13-10(15)14(2)3/h4-7H,1-3H3,(H,13,15)/p-1/b12-8+. The second-order valence-electron chi connectivity index (χ2n) is 3.18. The van der Waals surface area contributed by atoms with Gasteiger partial charge in [0.2, 0.25) is 0 Å². The molecule has 0 aliphatic rings. The Morgan fingerprint density at radius 3 is 2.60 bits per heavy atom. The van der Waals surface area contributed by atoms with Crippen molar-refractivity contribution in [3.63, 3.8) is 0 Å². The fraction of sp³-hybridized carbons (Fsp3) is 0.300. The maximum atomic E-state index is 4.18. The molecule has 0 saturated carbocycles. The normalized spacial score (nSPS) is 12.7. The summed E-state index contributed by atoms with van der Waals surface area (Å²) in [4.78, 5) is 6.03. The molecule has 0 bridgehead atoms. The average Bonchev–Trinajstić information content (AvgIpc) is 2.26. The van der Waals surface area contributed by atoms with E-state index in [4.69, 9.17) is 0 Å². The van der Waals surface area contributed by atoms with Gasteiger partial charge in [0.25, 0.3) is 0 Å². The Bertz CT molecular complexity index is 370. The van der Waals surface area contributed by atoms with Gasteiger partial charge in [-0.1, -0.05) is 0 Å². The van der Waals surface area contributed by atoms with Gasteiger partial charge >= 0.3 is 97.7 Å². The average molecular weight is 268 g/mol. The van der Waals surface area contributed by atoms with E-state index in [0.29, 0.717) is 0 Å². The summed E-state index contributed by atoms with van der Waals surface area (Å²) in [7, 11) is 3.81. The van der Waals surface area contributed by atoms with Crippen LogP contribution in [0.15, 0.2) is 34.6 Å². The molecule has 0 N–H and O–H groups in total. The van der Waals surface area contributed by atoms with E-state index in [9.17, 15) is 0 Å². The molecule has 1 aromatic rings. The van der Waals surface area contributed by atoms with Crippen LogP contribution in [0, 0.1) is 0 Å². The van der Waals surface area contributed by atoms with Gasteiger partial charge in [0.05, 0.1) is 0 Å². The molecule has 4 nitrogen and oxygen atoms in total. The maximum absolute atomic E-state index is 4.18. The molecule has 0 unspecified atom stereocenters. The van der Waals surface area contributed by atoms with E-state index in [2.05, 4.69) is 31.2 Å². The molecule has 0 aliphatic carbocycles. The Hall–Kier alpha value is -1.19. The second kappa shape index (κ2) is 5.63. The fourth-order valence-electron chi connectivity index (χ4n) is 0.835. The van der Waals surface area contributed by atoms with Crippen LogP contribution < -0.4 is 0 Å². The Balaban J connectivity index is 2.82. The molecular weight excluding hydrogens is 255 g/mol. The van der Waals surface area contributed by atoms with Crippen LogP contribution in [0.3, 0.4) is 0 Å².